The van der Waals surface area contributed by atoms with Crippen LogP contribution in [0.4, 0.5) is 0 Å². The number of hydrogen-bond donors (Lipinski definition) is 1. The second-order valence-electron chi connectivity index (χ2n) is 4.09. The Morgan fingerprint density at radius 1 is 1.46 bits per heavy atom. The second-order valence-corrected chi connectivity index (χ2v) is 8.84. The molecular weight excluding hydrogens is 176 g/mol. The topological polar surface area (TPSA) is 28.7 Å². The third-order valence-electron chi connectivity index (χ3n) is 1.53. The van der Waals surface area contributed by atoms with Crippen LogP contribution in [0.15, 0.2) is 6.20 Å². The molecule has 0 saturated carbocycles. The number of hydrogen-bond acceptors (Lipinski definition) is 1. The van der Waals surface area contributed by atoms with Gasteiger partial charge in [0.15, 0.2) is 0 Å². The zero-order valence-electron chi connectivity index (χ0n) is 8.73. The van der Waals surface area contributed by atoms with Crippen LogP contribution < -0.4 is 0 Å². The normalized spacial score (nSPS) is 10.8. The Labute approximate surface area is 80.8 Å². The molecule has 0 atom stereocenters. The van der Waals surface area contributed by atoms with Gasteiger partial charge in [0.1, 0.15) is 19.6 Å². The smallest absolute Gasteiger partial charge is 0.130 e. The van der Waals surface area contributed by atoms with E-state index in [1.54, 1.807) is 0 Å². The number of nitrogens with one attached hydrogen (secondary N) is 1. The highest BCUT2D eigenvalue weighted by molar-refractivity contribution is 6.83. The Hall–Kier alpha value is -1.01. The number of aryl methyl sites for hydroxylation is 1. The molecule has 0 bridgehead atoms. The van der Waals surface area contributed by atoms with Crippen molar-refractivity contribution < 1.29 is 0 Å². The first-order valence-corrected chi connectivity index (χ1v) is 8.09. The van der Waals surface area contributed by atoms with Crippen molar-refractivity contribution in [2.45, 2.75) is 33.0 Å². The molecule has 0 aliphatic heterocycles. The fraction of sp³-hybridized carbons (Fsp3) is 0.500. The van der Waals surface area contributed by atoms with E-state index < -0.39 is 8.07 Å². The summed E-state index contributed by atoms with van der Waals surface area (Å²) in [6.45, 7) is 8.77. The summed E-state index contributed by atoms with van der Waals surface area (Å²) >= 11 is 0. The number of nitrogens with zero attached hydrogens (tertiary/aromatic N) is 1. The highest BCUT2D eigenvalue weighted by Crippen LogP contribution is 1.99. The molecule has 0 unspecified atom stereocenters. The number of H-pyrrole nitrogens is 1. The van der Waals surface area contributed by atoms with Gasteiger partial charge in [0.05, 0.1) is 0 Å². The summed E-state index contributed by atoms with van der Waals surface area (Å²) < 4.78 is 0. The zero-order valence-corrected chi connectivity index (χ0v) is 9.73. The Bertz CT molecular complexity index is 336. The van der Waals surface area contributed by atoms with Gasteiger partial charge in [-0.05, 0) is 0 Å². The van der Waals surface area contributed by atoms with E-state index in [9.17, 15) is 0 Å². The summed E-state index contributed by atoms with van der Waals surface area (Å²) in [4.78, 5) is 7.42. The molecule has 0 spiro atoms. The standard InChI is InChI=1S/C10H16N2Si/c1-5-10-11-8-9(12-10)6-7-13(2,3)4/h8H,5H2,1-4H3,(H,11,12). The minimum atomic E-state index is -1.26. The molecule has 0 amide bonds. The van der Waals surface area contributed by atoms with Crippen molar-refractivity contribution in [3.63, 3.8) is 0 Å². The maximum Gasteiger partial charge on any atom is 0.130 e. The van der Waals surface area contributed by atoms with Crippen molar-refractivity contribution >= 4 is 8.07 Å². The van der Waals surface area contributed by atoms with E-state index in [0.717, 1.165) is 17.9 Å². The van der Waals surface area contributed by atoms with Crippen LogP contribution in [0.25, 0.3) is 0 Å². The minimum absolute atomic E-state index is 0.874. The van der Waals surface area contributed by atoms with Gasteiger partial charge >= 0.3 is 0 Å². The molecule has 0 fully saturated rings. The van der Waals surface area contributed by atoms with Crippen molar-refractivity contribution in [2.75, 3.05) is 0 Å². The van der Waals surface area contributed by atoms with Gasteiger partial charge in [0, 0.05) is 12.6 Å². The number of aromatic nitrogens is 2. The fourth-order valence-electron chi connectivity index (χ4n) is 0.858. The molecule has 1 aromatic heterocycles. The van der Waals surface area contributed by atoms with Gasteiger partial charge in [-0.2, -0.15) is 0 Å². The number of aromatic amines is 1. The molecule has 2 nitrogen and oxygen atoms in total. The van der Waals surface area contributed by atoms with Crippen LogP contribution in [0.3, 0.4) is 0 Å². The lowest BCUT2D eigenvalue weighted by molar-refractivity contribution is 0.987. The predicted molar refractivity (Wildman–Crippen MR) is 58.2 cm³/mol. The van der Waals surface area contributed by atoms with Crippen molar-refractivity contribution in [1.82, 2.24) is 9.97 Å². The summed E-state index contributed by atoms with van der Waals surface area (Å²) in [5, 5.41) is 0. The van der Waals surface area contributed by atoms with E-state index in [2.05, 4.69) is 48.0 Å². The molecule has 1 heterocycles. The monoisotopic (exact) mass is 192 g/mol. The second kappa shape index (κ2) is 3.80. The Balaban J connectivity index is 2.78. The van der Waals surface area contributed by atoms with Gasteiger partial charge in [-0.3, -0.25) is 0 Å². The molecule has 0 radical (unpaired) electrons. The maximum absolute atomic E-state index is 4.32. The van der Waals surface area contributed by atoms with Crippen molar-refractivity contribution in [3.8, 4) is 11.5 Å². The van der Waals surface area contributed by atoms with Crippen LogP contribution in [-0.4, -0.2) is 18.0 Å². The van der Waals surface area contributed by atoms with Gasteiger partial charge in [-0.15, -0.1) is 5.54 Å². The van der Waals surface area contributed by atoms with E-state index in [1.165, 1.54) is 0 Å². The van der Waals surface area contributed by atoms with Crippen LogP contribution in [0.2, 0.25) is 19.6 Å². The lowest BCUT2D eigenvalue weighted by Crippen LogP contribution is -2.16. The van der Waals surface area contributed by atoms with Crippen LogP contribution in [0.5, 0.6) is 0 Å². The number of rotatable bonds is 1. The first-order valence-electron chi connectivity index (χ1n) is 4.59. The van der Waals surface area contributed by atoms with Gasteiger partial charge < -0.3 is 4.98 Å². The molecule has 0 aliphatic carbocycles. The van der Waals surface area contributed by atoms with Crippen LogP contribution in [0, 0.1) is 11.5 Å². The lowest BCUT2D eigenvalue weighted by atomic mass is 10.5. The molecule has 3 heteroatoms. The van der Waals surface area contributed by atoms with E-state index in [4.69, 9.17) is 0 Å². The summed E-state index contributed by atoms with van der Waals surface area (Å²) in [5.74, 6) is 4.12. The molecule has 0 aromatic carbocycles. The quantitative estimate of drug-likeness (QED) is 0.536. The van der Waals surface area contributed by atoms with Gasteiger partial charge in [-0.1, -0.05) is 32.5 Å². The fourth-order valence-corrected chi connectivity index (χ4v) is 1.36. The highest BCUT2D eigenvalue weighted by Gasteiger charge is 2.07. The van der Waals surface area contributed by atoms with E-state index in [0.29, 0.717) is 0 Å². The summed E-state index contributed by atoms with van der Waals surface area (Å²) in [6, 6.07) is 0. The molecule has 1 rings (SSSR count). The first-order chi connectivity index (χ1) is 6.01. The van der Waals surface area contributed by atoms with E-state index in [-0.39, 0.29) is 0 Å². The summed E-state index contributed by atoms with van der Waals surface area (Å²) in [6.07, 6.45) is 2.82. The third-order valence-corrected chi connectivity index (χ3v) is 2.41. The largest absolute Gasteiger partial charge is 0.347 e. The summed E-state index contributed by atoms with van der Waals surface area (Å²) in [5.41, 5.74) is 4.16. The summed E-state index contributed by atoms with van der Waals surface area (Å²) in [7, 11) is -1.26. The average molecular weight is 192 g/mol. The van der Waals surface area contributed by atoms with Crippen molar-refractivity contribution in [2.24, 2.45) is 0 Å². The van der Waals surface area contributed by atoms with Gasteiger partial charge in [0.25, 0.3) is 0 Å². The Morgan fingerprint density at radius 3 is 2.62 bits per heavy atom. The average Bonchev–Trinajstić information content (AvgIpc) is 2.47. The predicted octanol–water partition coefficient (Wildman–Crippen LogP) is 2.20. The minimum Gasteiger partial charge on any atom is -0.347 e. The maximum atomic E-state index is 4.32. The zero-order chi connectivity index (χ0) is 9.90. The van der Waals surface area contributed by atoms with E-state index >= 15 is 0 Å². The molecular formula is C10H16N2Si. The van der Waals surface area contributed by atoms with Gasteiger partial charge in [-0.25, -0.2) is 4.98 Å². The molecule has 1 N–H and O–H groups in total. The third kappa shape index (κ3) is 3.47. The van der Waals surface area contributed by atoms with E-state index in [1.807, 2.05) is 6.20 Å². The molecule has 70 valence electrons. The van der Waals surface area contributed by atoms with Crippen LogP contribution in [-0.2, 0) is 6.42 Å². The SMILES string of the molecule is CCc1nc(C#C[Si](C)(C)C)c[nH]1. The first kappa shape index (κ1) is 10.1. The Kier molecular flexibility index (Phi) is 2.94. The van der Waals surface area contributed by atoms with Crippen LogP contribution in [0.1, 0.15) is 18.4 Å². The molecule has 0 saturated heterocycles. The molecule has 13 heavy (non-hydrogen) atoms. The van der Waals surface area contributed by atoms with Crippen molar-refractivity contribution in [1.29, 1.82) is 0 Å². The lowest BCUT2D eigenvalue weighted by Gasteiger charge is -2.02. The number of imidazole rings is 1. The Morgan fingerprint density at radius 2 is 2.15 bits per heavy atom. The van der Waals surface area contributed by atoms with Gasteiger partial charge in [0.2, 0.25) is 0 Å². The van der Waals surface area contributed by atoms with Crippen LogP contribution >= 0.6 is 0 Å². The van der Waals surface area contributed by atoms with Crippen molar-refractivity contribution in [3.05, 3.63) is 17.7 Å². The highest BCUT2D eigenvalue weighted by atomic mass is 28.3. The molecule has 0 aliphatic rings. The molecule has 1 aromatic rings.